The Morgan fingerprint density at radius 3 is 2.77 bits per heavy atom. The van der Waals surface area contributed by atoms with Gasteiger partial charge in [0.2, 0.25) is 0 Å². The summed E-state index contributed by atoms with van der Waals surface area (Å²) < 4.78 is 14.5. The Hall–Kier alpha value is 0.0499. The van der Waals surface area contributed by atoms with E-state index >= 15 is 0 Å². The molecule has 4 aliphatic rings. The number of aryl methyl sites for hydroxylation is 1. The van der Waals surface area contributed by atoms with E-state index in [9.17, 15) is 0 Å². The van der Waals surface area contributed by atoms with Crippen LogP contribution < -0.4 is 0 Å². The van der Waals surface area contributed by atoms with E-state index in [4.69, 9.17) is 14.3 Å². The highest BCUT2D eigenvalue weighted by atomic mass is 79.9. The first-order valence-corrected chi connectivity index (χ1v) is 10.4. The lowest BCUT2D eigenvalue weighted by Gasteiger charge is -2.39. The van der Waals surface area contributed by atoms with E-state index < -0.39 is 0 Å². The van der Waals surface area contributed by atoms with Gasteiger partial charge in [0, 0.05) is 10.6 Å². The smallest absolute Gasteiger partial charge is 0.418 e. The van der Waals surface area contributed by atoms with Crippen LogP contribution in [0.1, 0.15) is 29.7 Å². The number of aliphatic imine (C=N–C) groups is 1. The van der Waals surface area contributed by atoms with Gasteiger partial charge in [0.25, 0.3) is 0 Å². The lowest BCUT2D eigenvalue weighted by atomic mass is 9.77. The van der Waals surface area contributed by atoms with Gasteiger partial charge in [-0.25, -0.2) is 0 Å². The van der Waals surface area contributed by atoms with Crippen molar-refractivity contribution in [3.63, 3.8) is 0 Å². The Morgan fingerprint density at radius 1 is 1.27 bits per heavy atom. The number of thiophene rings is 1. The Kier molecular flexibility index (Phi) is 3.45. The molecule has 2 fully saturated rings. The average Bonchev–Trinajstić information content (AvgIpc) is 3.41. The average molecular weight is 397 g/mol. The zero-order valence-electron chi connectivity index (χ0n) is 12.1. The Labute approximate surface area is 147 Å². The molecule has 1 aliphatic carbocycles. The van der Waals surface area contributed by atoms with Gasteiger partial charge in [-0.15, -0.1) is 11.3 Å². The predicted molar refractivity (Wildman–Crippen MR) is 96.4 cm³/mol. The van der Waals surface area contributed by atoms with Gasteiger partial charge in [0.05, 0.1) is 22.3 Å². The molecule has 0 saturated carbocycles. The third-order valence-corrected chi connectivity index (χ3v) is 7.47. The molecule has 0 amide bonds. The van der Waals surface area contributed by atoms with E-state index in [1.54, 1.807) is 0 Å². The lowest BCUT2D eigenvalue weighted by molar-refractivity contribution is 0.365. The Morgan fingerprint density at radius 2 is 2.05 bits per heavy atom. The topological polar surface area (TPSA) is 40.7 Å². The number of amidine groups is 1. The van der Waals surface area contributed by atoms with Gasteiger partial charge in [0.1, 0.15) is 5.17 Å². The van der Waals surface area contributed by atoms with Crippen LogP contribution in [0.4, 0.5) is 0 Å². The molecule has 1 aromatic heterocycles. The molecule has 0 N–H and O–H groups in total. The van der Waals surface area contributed by atoms with Crippen molar-refractivity contribution in [3.8, 4) is 0 Å². The Bertz CT molecular complexity index is 638. The second-order valence-corrected chi connectivity index (χ2v) is 9.83. The van der Waals surface area contributed by atoms with Crippen LogP contribution in [-0.4, -0.2) is 42.8 Å². The van der Waals surface area contributed by atoms with E-state index in [1.165, 1.54) is 27.1 Å². The first kappa shape index (κ1) is 14.4. The van der Waals surface area contributed by atoms with Crippen molar-refractivity contribution in [2.75, 3.05) is 18.8 Å². The van der Waals surface area contributed by atoms with Crippen molar-refractivity contribution in [3.05, 3.63) is 20.3 Å². The molecule has 1 unspecified atom stereocenters. The molecule has 1 aromatic rings. The van der Waals surface area contributed by atoms with Crippen LogP contribution in [-0.2, 0) is 21.3 Å². The molecule has 0 radical (unpaired) electrons. The van der Waals surface area contributed by atoms with Crippen molar-refractivity contribution < 1.29 is 9.31 Å². The standard InChI is InChI=1S/C13H15B2BrN2O2S2/c16-11-6-9-10(22-11)2-1-3-13(9)4-5-21-12(17-13)18(14-7-19-14)15-8-20-15/h6H,1-5,7-8H2. The zero-order valence-corrected chi connectivity index (χ0v) is 15.3. The highest BCUT2D eigenvalue weighted by molar-refractivity contribution is 9.11. The van der Waals surface area contributed by atoms with Gasteiger partial charge in [-0.2, -0.15) is 0 Å². The van der Waals surface area contributed by atoms with Crippen molar-refractivity contribution in [1.82, 2.24) is 4.72 Å². The molecule has 3 aliphatic heterocycles. The number of hydrogen-bond acceptors (Lipinski definition) is 6. The van der Waals surface area contributed by atoms with E-state index in [-0.39, 0.29) is 19.6 Å². The quantitative estimate of drug-likeness (QED) is 0.569. The molecule has 5 rings (SSSR count). The molecular formula is C13H15B2BrN2O2S2. The minimum absolute atomic E-state index is 0.0152. The molecule has 0 aromatic carbocycles. The second-order valence-electron chi connectivity index (χ2n) is 6.25. The number of halogens is 1. The fourth-order valence-electron chi connectivity index (χ4n) is 3.58. The van der Waals surface area contributed by atoms with Crippen molar-refractivity contribution in [2.24, 2.45) is 4.99 Å². The summed E-state index contributed by atoms with van der Waals surface area (Å²) >= 11 is 7.41. The minimum Gasteiger partial charge on any atom is -0.418 e. The predicted octanol–water partition coefficient (Wildman–Crippen LogP) is 2.95. The summed E-state index contributed by atoms with van der Waals surface area (Å²) in [6.45, 7) is 1.61. The van der Waals surface area contributed by atoms with Gasteiger partial charge >= 0.3 is 14.1 Å². The lowest BCUT2D eigenvalue weighted by Crippen LogP contribution is -2.44. The molecule has 1 atom stereocenters. The minimum atomic E-state index is -0.0152. The monoisotopic (exact) mass is 396 g/mol. The Balaban J connectivity index is 1.55. The molecule has 2 saturated heterocycles. The molecular weight excluding hydrogens is 382 g/mol. The highest BCUT2D eigenvalue weighted by Gasteiger charge is 2.53. The molecule has 22 heavy (non-hydrogen) atoms. The maximum atomic E-state index is 5.52. The maximum Gasteiger partial charge on any atom is 0.431 e. The first-order valence-electron chi connectivity index (χ1n) is 7.78. The van der Waals surface area contributed by atoms with Gasteiger partial charge in [-0.3, -0.25) is 4.99 Å². The molecule has 0 bridgehead atoms. The number of hydrogen-bond donors (Lipinski definition) is 0. The summed E-state index contributed by atoms with van der Waals surface area (Å²) in [4.78, 5) is 6.80. The molecule has 114 valence electrons. The summed E-state index contributed by atoms with van der Waals surface area (Å²) in [6.07, 6.45) is 4.74. The van der Waals surface area contributed by atoms with Gasteiger partial charge in [-0.05, 0) is 53.2 Å². The van der Waals surface area contributed by atoms with E-state index in [2.05, 4.69) is 26.7 Å². The van der Waals surface area contributed by atoms with Crippen LogP contribution in [0.5, 0.6) is 0 Å². The zero-order chi connectivity index (χ0) is 14.7. The summed E-state index contributed by atoms with van der Waals surface area (Å²) in [5.74, 6) is 1.13. The second kappa shape index (κ2) is 5.28. The van der Waals surface area contributed by atoms with E-state index in [1.807, 2.05) is 23.1 Å². The van der Waals surface area contributed by atoms with Crippen molar-refractivity contribution in [2.45, 2.75) is 31.2 Å². The number of nitrogens with zero attached hydrogens (tertiary/aromatic N) is 2. The molecule has 4 nitrogen and oxygen atoms in total. The van der Waals surface area contributed by atoms with E-state index in [0.29, 0.717) is 0 Å². The van der Waals surface area contributed by atoms with Crippen LogP contribution in [0, 0.1) is 0 Å². The molecule has 1 spiro atoms. The number of thioether (sulfide) groups is 1. The fourth-order valence-corrected chi connectivity index (χ4v) is 6.66. The van der Waals surface area contributed by atoms with Crippen LogP contribution >= 0.6 is 39.0 Å². The van der Waals surface area contributed by atoms with E-state index in [0.717, 1.165) is 36.8 Å². The third kappa shape index (κ3) is 2.40. The number of fused-ring (bicyclic) bond motifs is 2. The SMILES string of the molecule is Brc1cc2c(s1)CCCC21CCSC(N(B2CO2)B2CO2)=N1. The summed E-state index contributed by atoms with van der Waals surface area (Å²) in [7, 11) is 0.373. The van der Waals surface area contributed by atoms with Gasteiger partial charge in [-0.1, -0.05) is 11.8 Å². The van der Waals surface area contributed by atoms with Crippen molar-refractivity contribution >= 4 is 58.3 Å². The van der Waals surface area contributed by atoms with Crippen LogP contribution in [0.25, 0.3) is 0 Å². The third-order valence-electron chi connectivity index (χ3n) is 4.80. The van der Waals surface area contributed by atoms with Gasteiger partial charge in [0.15, 0.2) is 0 Å². The summed E-state index contributed by atoms with van der Waals surface area (Å²) in [5, 5.41) is 1.13. The highest BCUT2D eigenvalue weighted by Crippen LogP contribution is 2.49. The van der Waals surface area contributed by atoms with Crippen LogP contribution in [0.2, 0.25) is 0 Å². The van der Waals surface area contributed by atoms with Crippen LogP contribution in [0.3, 0.4) is 0 Å². The fraction of sp³-hybridized carbons (Fsp3) is 0.615. The maximum absolute atomic E-state index is 5.52. The largest absolute Gasteiger partial charge is 0.431 e. The summed E-state index contributed by atoms with van der Waals surface area (Å²) in [6, 6.07) is 2.31. The van der Waals surface area contributed by atoms with Crippen molar-refractivity contribution in [1.29, 1.82) is 0 Å². The normalized spacial score (nSPS) is 29.4. The molecule has 4 heterocycles. The molecule has 9 heteroatoms. The number of rotatable bonds is 2. The van der Waals surface area contributed by atoms with Gasteiger partial charge < -0.3 is 14.0 Å². The summed E-state index contributed by atoms with van der Waals surface area (Å²) in [5.41, 5.74) is 1.44. The first-order chi connectivity index (χ1) is 10.8. The van der Waals surface area contributed by atoms with Crippen LogP contribution in [0.15, 0.2) is 14.8 Å².